The van der Waals surface area contributed by atoms with Gasteiger partial charge in [0.2, 0.25) is 5.91 Å². The summed E-state index contributed by atoms with van der Waals surface area (Å²) in [5, 5.41) is 3.08. The number of anilines is 1. The summed E-state index contributed by atoms with van der Waals surface area (Å²) in [5.74, 6) is 0.714. The van der Waals surface area contributed by atoms with Gasteiger partial charge in [-0.3, -0.25) is 4.79 Å². The molecular weight excluding hydrogens is 359 g/mol. The maximum absolute atomic E-state index is 12.0. The fourth-order valence-electron chi connectivity index (χ4n) is 2.90. The largest absolute Gasteiger partial charge is 0.399 e. The Labute approximate surface area is 164 Å². The number of hydrogen-bond acceptors (Lipinski definition) is 4. The summed E-state index contributed by atoms with van der Waals surface area (Å²) in [4.78, 5) is 16.8. The molecule has 1 aliphatic rings. The van der Waals surface area contributed by atoms with Crippen molar-refractivity contribution in [1.82, 2.24) is 15.1 Å². The molecule has 0 unspecified atom stereocenters. The molecule has 3 N–H and O–H groups in total. The van der Waals surface area contributed by atoms with Crippen molar-refractivity contribution in [3.05, 3.63) is 29.8 Å². The number of likely N-dealkylation sites (tertiary alicyclic amines) is 1. The van der Waals surface area contributed by atoms with Gasteiger partial charge in [0, 0.05) is 25.3 Å². The predicted octanol–water partition coefficient (Wildman–Crippen LogP) is 2.04. The Morgan fingerprint density at radius 1 is 1.20 bits per heavy atom. The van der Waals surface area contributed by atoms with Crippen molar-refractivity contribution in [2.75, 3.05) is 52.6 Å². The van der Waals surface area contributed by atoms with Crippen LogP contribution in [0.5, 0.6) is 0 Å². The molecule has 0 radical (unpaired) electrons. The molecule has 0 aliphatic carbocycles. The molecule has 1 heterocycles. The summed E-state index contributed by atoms with van der Waals surface area (Å²) in [6.07, 6.45) is 2.78. The summed E-state index contributed by atoms with van der Waals surface area (Å²) >= 11 is 0. The molecule has 0 bridgehead atoms. The zero-order valence-corrected chi connectivity index (χ0v) is 16.9. The van der Waals surface area contributed by atoms with Gasteiger partial charge >= 0.3 is 0 Å². The number of amides is 1. The van der Waals surface area contributed by atoms with E-state index in [1.807, 2.05) is 24.3 Å². The van der Waals surface area contributed by atoms with Crippen LogP contribution in [0.3, 0.4) is 0 Å². The van der Waals surface area contributed by atoms with Gasteiger partial charge in [-0.05, 0) is 63.6 Å². The van der Waals surface area contributed by atoms with E-state index >= 15 is 0 Å². The third-order valence-corrected chi connectivity index (χ3v) is 4.50. The minimum absolute atomic E-state index is 0. The first-order valence-corrected chi connectivity index (χ1v) is 8.51. The van der Waals surface area contributed by atoms with Gasteiger partial charge in [-0.1, -0.05) is 12.1 Å². The first kappa shape index (κ1) is 24.0. The number of carbonyl (C=O) groups excluding carboxylic acids is 1. The average molecular weight is 391 g/mol. The van der Waals surface area contributed by atoms with Crippen LogP contribution in [0.25, 0.3) is 0 Å². The van der Waals surface area contributed by atoms with Gasteiger partial charge in [0.05, 0.1) is 6.42 Å². The number of nitrogens with zero attached hydrogens (tertiary/aromatic N) is 2. The van der Waals surface area contributed by atoms with Crippen LogP contribution >= 0.6 is 24.8 Å². The van der Waals surface area contributed by atoms with Crippen molar-refractivity contribution in [1.29, 1.82) is 0 Å². The summed E-state index contributed by atoms with van der Waals surface area (Å²) < 4.78 is 0. The van der Waals surface area contributed by atoms with Gasteiger partial charge in [0.1, 0.15) is 0 Å². The number of carbonyl (C=O) groups is 1. The lowest BCUT2D eigenvalue weighted by Crippen LogP contribution is -2.41. The molecule has 1 aliphatic heterocycles. The van der Waals surface area contributed by atoms with Crippen LogP contribution in [-0.4, -0.2) is 62.5 Å². The van der Waals surface area contributed by atoms with Crippen LogP contribution in [0, 0.1) is 5.92 Å². The Balaban J connectivity index is 0.00000288. The van der Waals surface area contributed by atoms with Gasteiger partial charge in [-0.15, -0.1) is 24.8 Å². The fraction of sp³-hybridized carbons (Fsp3) is 0.611. The molecular formula is C18H32Cl2N4O. The van der Waals surface area contributed by atoms with Crippen molar-refractivity contribution in [3.63, 3.8) is 0 Å². The smallest absolute Gasteiger partial charge is 0.224 e. The van der Waals surface area contributed by atoms with E-state index < -0.39 is 0 Å². The van der Waals surface area contributed by atoms with Crippen LogP contribution < -0.4 is 11.1 Å². The molecule has 0 spiro atoms. The molecule has 25 heavy (non-hydrogen) atoms. The van der Waals surface area contributed by atoms with Gasteiger partial charge in [0.15, 0.2) is 0 Å². The molecule has 0 aromatic heterocycles. The lowest BCUT2D eigenvalue weighted by molar-refractivity contribution is -0.120. The highest BCUT2D eigenvalue weighted by Crippen LogP contribution is 2.16. The SMILES string of the molecule is CN(C)CCN1CCC(CNC(=O)Cc2ccc(N)cc2)CC1.Cl.Cl. The minimum Gasteiger partial charge on any atom is -0.399 e. The van der Waals surface area contributed by atoms with E-state index in [0.717, 1.165) is 44.0 Å². The van der Waals surface area contributed by atoms with Crippen LogP contribution in [-0.2, 0) is 11.2 Å². The molecule has 0 atom stereocenters. The Morgan fingerprint density at radius 2 is 1.80 bits per heavy atom. The standard InChI is InChI=1S/C18H30N4O.2ClH/c1-21(2)11-12-22-9-7-16(8-10-22)14-20-18(23)13-15-3-5-17(19)6-4-15;;/h3-6,16H,7-14,19H2,1-2H3,(H,20,23);2*1H. The van der Waals surface area contributed by atoms with E-state index in [-0.39, 0.29) is 30.7 Å². The maximum Gasteiger partial charge on any atom is 0.224 e. The molecule has 1 saturated heterocycles. The van der Waals surface area contributed by atoms with E-state index in [1.165, 1.54) is 12.8 Å². The molecule has 0 saturated carbocycles. The number of rotatable bonds is 7. The molecule has 1 amide bonds. The van der Waals surface area contributed by atoms with Crippen molar-refractivity contribution < 1.29 is 4.79 Å². The second kappa shape index (κ2) is 12.4. The van der Waals surface area contributed by atoms with E-state index in [4.69, 9.17) is 5.73 Å². The molecule has 1 fully saturated rings. The molecule has 5 nitrogen and oxygen atoms in total. The topological polar surface area (TPSA) is 61.6 Å². The van der Waals surface area contributed by atoms with Crippen molar-refractivity contribution >= 4 is 36.4 Å². The number of hydrogen-bond donors (Lipinski definition) is 2. The number of nitrogen functional groups attached to an aromatic ring is 1. The number of halogens is 2. The van der Waals surface area contributed by atoms with Crippen molar-refractivity contribution in [2.24, 2.45) is 5.92 Å². The second-order valence-electron chi connectivity index (χ2n) is 6.81. The van der Waals surface area contributed by atoms with Crippen LogP contribution in [0.4, 0.5) is 5.69 Å². The molecule has 1 aromatic rings. The average Bonchev–Trinajstić information content (AvgIpc) is 2.54. The molecule has 7 heteroatoms. The molecule has 2 rings (SSSR count). The Morgan fingerprint density at radius 3 is 2.36 bits per heavy atom. The lowest BCUT2D eigenvalue weighted by Gasteiger charge is -2.32. The highest BCUT2D eigenvalue weighted by molar-refractivity contribution is 5.85. The second-order valence-corrected chi connectivity index (χ2v) is 6.81. The number of nitrogens with two attached hydrogens (primary N) is 1. The van der Waals surface area contributed by atoms with E-state index in [0.29, 0.717) is 12.3 Å². The number of nitrogens with one attached hydrogen (secondary N) is 1. The van der Waals surface area contributed by atoms with Crippen molar-refractivity contribution in [3.8, 4) is 0 Å². The maximum atomic E-state index is 12.0. The number of benzene rings is 1. The monoisotopic (exact) mass is 390 g/mol. The third-order valence-electron chi connectivity index (χ3n) is 4.50. The van der Waals surface area contributed by atoms with Crippen LogP contribution in [0.2, 0.25) is 0 Å². The van der Waals surface area contributed by atoms with E-state index in [1.54, 1.807) is 0 Å². The summed E-state index contributed by atoms with van der Waals surface area (Å²) in [7, 11) is 4.23. The van der Waals surface area contributed by atoms with Gasteiger partial charge in [0.25, 0.3) is 0 Å². The van der Waals surface area contributed by atoms with E-state index in [2.05, 4.69) is 29.2 Å². The summed E-state index contributed by atoms with van der Waals surface area (Å²) in [6.45, 7) is 5.35. The summed E-state index contributed by atoms with van der Waals surface area (Å²) in [5.41, 5.74) is 7.40. The minimum atomic E-state index is 0. The first-order valence-electron chi connectivity index (χ1n) is 8.51. The predicted molar refractivity (Wildman–Crippen MR) is 110 cm³/mol. The quantitative estimate of drug-likeness (QED) is 0.699. The van der Waals surface area contributed by atoms with Crippen LogP contribution in [0.15, 0.2) is 24.3 Å². The van der Waals surface area contributed by atoms with E-state index in [9.17, 15) is 4.79 Å². The molecule has 1 aromatic carbocycles. The highest BCUT2D eigenvalue weighted by Gasteiger charge is 2.19. The zero-order chi connectivity index (χ0) is 16.7. The van der Waals surface area contributed by atoms with Crippen molar-refractivity contribution in [2.45, 2.75) is 19.3 Å². The van der Waals surface area contributed by atoms with Gasteiger partial charge in [-0.25, -0.2) is 0 Å². The summed E-state index contributed by atoms with van der Waals surface area (Å²) in [6, 6.07) is 7.51. The Bertz CT molecular complexity index is 488. The van der Waals surface area contributed by atoms with Crippen LogP contribution in [0.1, 0.15) is 18.4 Å². The normalized spacial score (nSPS) is 15.3. The van der Waals surface area contributed by atoms with Gasteiger partial charge in [-0.2, -0.15) is 0 Å². The Hall–Kier alpha value is -1.01. The fourth-order valence-corrected chi connectivity index (χ4v) is 2.90. The number of likely N-dealkylation sites (N-methyl/N-ethyl adjacent to an activating group) is 1. The molecule has 144 valence electrons. The zero-order valence-electron chi connectivity index (χ0n) is 15.2. The third kappa shape index (κ3) is 9.31. The first-order chi connectivity index (χ1) is 11.0. The van der Waals surface area contributed by atoms with Gasteiger partial charge < -0.3 is 20.9 Å². The highest BCUT2D eigenvalue weighted by atomic mass is 35.5. The lowest BCUT2D eigenvalue weighted by atomic mass is 9.96. The number of piperidine rings is 1. The Kier molecular flexibility index (Phi) is 11.9.